The van der Waals surface area contributed by atoms with Gasteiger partial charge < -0.3 is 24.2 Å². The smallest absolute Gasteiger partial charge is 0.168 e. The average molecular weight is 339 g/mol. The molecule has 2 spiro atoms. The summed E-state index contributed by atoms with van der Waals surface area (Å²) in [5.41, 5.74) is 0.0503. The minimum Gasteiger partial charge on any atom is -0.392 e. The molecule has 0 bridgehead atoms. The van der Waals surface area contributed by atoms with Crippen LogP contribution in [0.4, 0.5) is 0 Å². The second-order valence-electron chi connectivity index (χ2n) is 8.28. The molecule has 0 aromatic carbocycles. The third kappa shape index (κ3) is 3.03. The number of ether oxygens (including phenoxy) is 3. The van der Waals surface area contributed by atoms with E-state index in [9.17, 15) is 5.11 Å². The summed E-state index contributed by atoms with van der Waals surface area (Å²) < 4.78 is 17.6. The van der Waals surface area contributed by atoms with Gasteiger partial charge in [-0.15, -0.1) is 0 Å². The Morgan fingerprint density at radius 3 is 2.33 bits per heavy atom. The molecule has 2 aliphatic carbocycles. The fourth-order valence-electron chi connectivity index (χ4n) is 5.42. The molecule has 0 radical (unpaired) electrons. The van der Waals surface area contributed by atoms with Crippen molar-refractivity contribution in [2.45, 2.75) is 69.9 Å². The van der Waals surface area contributed by atoms with Crippen molar-refractivity contribution in [1.29, 1.82) is 0 Å². The molecule has 0 aromatic rings. The van der Waals surface area contributed by atoms with Gasteiger partial charge in [-0.25, -0.2) is 0 Å². The van der Waals surface area contributed by atoms with Gasteiger partial charge in [0.1, 0.15) is 0 Å². The molecular formula is C19H33NO4. The molecule has 138 valence electrons. The van der Waals surface area contributed by atoms with E-state index in [0.29, 0.717) is 0 Å². The van der Waals surface area contributed by atoms with E-state index in [1.165, 1.54) is 19.4 Å². The normalized spacial score (nSPS) is 36.2. The first-order valence-corrected chi connectivity index (χ1v) is 9.96. The Balaban J connectivity index is 1.24. The van der Waals surface area contributed by atoms with Crippen LogP contribution in [0.3, 0.4) is 0 Å². The van der Waals surface area contributed by atoms with E-state index in [-0.39, 0.29) is 23.4 Å². The lowest BCUT2D eigenvalue weighted by Crippen LogP contribution is -2.62. The van der Waals surface area contributed by atoms with E-state index >= 15 is 0 Å². The molecular weight excluding hydrogens is 306 g/mol. The van der Waals surface area contributed by atoms with Crippen molar-refractivity contribution in [2.75, 3.05) is 39.5 Å². The van der Waals surface area contributed by atoms with Crippen molar-refractivity contribution < 1.29 is 19.3 Å². The van der Waals surface area contributed by atoms with Crippen LogP contribution in [0.1, 0.15) is 51.9 Å². The Labute approximate surface area is 145 Å². The number of likely N-dealkylation sites (tertiary alicyclic amines) is 1. The number of nitrogens with zero attached hydrogens (tertiary/aromatic N) is 1. The van der Waals surface area contributed by atoms with Crippen molar-refractivity contribution in [3.63, 3.8) is 0 Å². The summed E-state index contributed by atoms with van der Waals surface area (Å²) in [6.07, 6.45) is 7.68. The quantitative estimate of drug-likeness (QED) is 0.851. The molecule has 24 heavy (non-hydrogen) atoms. The van der Waals surface area contributed by atoms with Crippen LogP contribution in [-0.2, 0) is 14.2 Å². The number of piperidine rings is 1. The largest absolute Gasteiger partial charge is 0.392 e. The van der Waals surface area contributed by atoms with Gasteiger partial charge in [0.15, 0.2) is 5.79 Å². The molecule has 1 N–H and O–H groups in total. The van der Waals surface area contributed by atoms with Crippen molar-refractivity contribution >= 4 is 0 Å². The summed E-state index contributed by atoms with van der Waals surface area (Å²) >= 11 is 0. The summed E-state index contributed by atoms with van der Waals surface area (Å²) in [4.78, 5) is 2.61. The predicted molar refractivity (Wildman–Crippen MR) is 90.7 cm³/mol. The monoisotopic (exact) mass is 339 g/mol. The van der Waals surface area contributed by atoms with E-state index in [1.807, 2.05) is 0 Å². The molecule has 4 fully saturated rings. The minimum atomic E-state index is -0.233. The summed E-state index contributed by atoms with van der Waals surface area (Å²) in [6, 6.07) is 0. The lowest BCUT2D eigenvalue weighted by Gasteiger charge is -2.57. The molecule has 4 rings (SSSR count). The van der Waals surface area contributed by atoms with Crippen LogP contribution in [0.2, 0.25) is 0 Å². The number of rotatable bonds is 4. The van der Waals surface area contributed by atoms with Gasteiger partial charge in [0, 0.05) is 37.8 Å². The van der Waals surface area contributed by atoms with E-state index in [1.54, 1.807) is 0 Å². The summed E-state index contributed by atoms with van der Waals surface area (Å²) in [6.45, 7) is 7.76. The van der Waals surface area contributed by atoms with Crippen LogP contribution >= 0.6 is 0 Å². The molecule has 0 unspecified atom stereocenters. The van der Waals surface area contributed by atoms with Gasteiger partial charge >= 0.3 is 0 Å². The number of hydrogen-bond donors (Lipinski definition) is 1. The van der Waals surface area contributed by atoms with E-state index in [2.05, 4.69) is 11.8 Å². The highest BCUT2D eigenvalue weighted by Gasteiger charge is 2.56. The highest BCUT2D eigenvalue weighted by Crippen LogP contribution is 2.51. The summed E-state index contributed by atoms with van der Waals surface area (Å²) in [5, 5.41) is 10.3. The van der Waals surface area contributed by atoms with Crippen molar-refractivity contribution in [2.24, 2.45) is 11.3 Å². The molecule has 5 nitrogen and oxygen atoms in total. The van der Waals surface area contributed by atoms with Gasteiger partial charge in [-0.2, -0.15) is 0 Å². The summed E-state index contributed by atoms with van der Waals surface area (Å²) in [5.74, 6) is 0.537. The molecule has 2 aliphatic heterocycles. The Morgan fingerprint density at radius 1 is 1.08 bits per heavy atom. The van der Waals surface area contributed by atoms with Gasteiger partial charge in [-0.05, 0) is 51.6 Å². The first-order chi connectivity index (χ1) is 11.7. The van der Waals surface area contributed by atoms with Crippen molar-refractivity contribution in [3.8, 4) is 0 Å². The standard InChI is InChI=1S/C19H33NO4/c1-2-22-17-13-16(21)18(17)7-9-20(10-8-18)14-15-3-5-19(6-4-15)23-11-12-24-19/h15-17,21H,2-14H2,1H3/t16-,17+/m0/s1. The van der Waals surface area contributed by atoms with Crippen LogP contribution in [0.5, 0.6) is 0 Å². The summed E-state index contributed by atoms with van der Waals surface area (Å²) in [7, 11) is 0. The zero-order valence-corrected chi connectivity index (χ0v) is 15.0. The van der Waals surface area contributed by atoms with Crippen molar-refractivity contribution in [1.82, 2.24) is 4.90 Å². The topological polar surface area (TPSA) is 51.2 Å². The van der Waals surface area contributed by atoms with Crippen LogP contribution in [-0.4, -0.2) is 67.5 Å². The Hall–Kier alpha value is -0.200. The molecule has 4 aliphatic rings. The molecule has 2 atom stereocenters. The molecule has 0 amide bonds. The van der Waals surface area contributed by atoms with Gasteiger partial charge in [0.25, 0.3) is 0 Å². The van der Waals surface area contributed by atoms with Crippen LogP contribution in [0, 0.1) is 11.3 Å². The number of hydrogen-bond acceptors (Lipinski definition) is 5. The number of aliphatic hydroxyl groups excluding tert-OH is 1. The molecule has 5 heteroatoms. The molecule has 2 saturated carbocycles. The highest BCUT2D eigenvalue weighted by atomic mass is 16.7. The Bertz CT molecular complexity index is 417. The zero-order chi connectivity index (χ0) is 16.6. The van der Waals surface area contributed by atoms with Gasteiger partial charge in [-0.3, -0.25) is 0 Å². The predicted octanol–water partition coefficient (Wildman–Crippen LogP) is 2.17. The van der Waals surface area contributed by atoms with E-state index in [0.717, 1.165) is 70.9 Å². The second kappa shape index (κ2) is 6.84. The highest BCUT2D eigenvalue weighted by molar-refractivity contribution is 5.06. The third-order valence-corrected chi connectivity index (χ3v) is 7.09. The molecule has 0 aromatic heterocycles. The van der Waals surface area contributed by atoms with Gasteiger partial charge in [0.2, 0.25) is 0 Å². The third-order valence-electron chi connectivity index (χ3n) is 7.09. The van der Waals surface area contributed by atoms with Crippen LogP contribution < -0.4 is 0 Å². The number of aliphatic hydroxyl groups is 1. The maximum absolute atomic E-state index is 10.3. The SMILES string of the molecule is CCO[C@@H]1C[C@H](O)C12CCN(CC1CCC3(CC1)OCCO3)CC2. The molecule has 2 heterocycles. The lowest BCUT2D eigenvalue weighted by molar-refractivity contribution is -0.211. The lowest BCUT2D eigenvalue weighted by atomic mass is 9.58. The first-order valence-electron chi connectivity index (χ1n) is 9.96. The maximum atomic E-state index is 10.3. The van der Waals surface area contributed by atoms with Gasteiger partial charge in [-0.1, -0.05) is 0 Å². The fourth-order valence-corrected chi connectivity index (χ4v) is 5.42. The second-order valence-corrected chi connectivity index (χ2v) is 8.28. The van der Waals surface area contributed by atoms with Gasteiger partial charge in [0.05, 0.1) is 25.4 Å². The Morgan fingerprint density at radius 2 is 1.75 bits per heavy atom. The average Bonchev–Trinajstić information content (AvgIpc) is 3.06. The van der Waals surface area contributed by atoms with Crippen LogP contribution in [0.15, 0.2) is 0 Å². The van der Waals surface area contributed by atoms with Crippen LogP contribution in [0.25, 0.3) is 0 Å². The minimum absolute atomic E-state index is 0.0503. The molecule has 2 saturated heterocycles. The van der Waals surface area contributed by atoms with E-state index < -0.39 is 0 Å². The first kappa shape index (κ1) is 17.2. The van der Waals surface area contributed by atoms with E-state index in [4.69, 9.17) is 14.2 Å². The fraction of sp³-hybridized carbons (Fsp3) is 1.00. The van der Waals surface area contributed by atoms with Crippen molar-refractivity contribution in [3.05, 3.63) is 0 Å². The maximum Gasteiger partial charge on any atom is 0.168 e. The zero-order valence-electron chi connectivity index (χ0n) is 15.0. The Kier molecular flexibility index (Phi) is 4.91.